The maximum atomic E-state index is 10.7. The van der Waals surface area contributed by atoms with Gasteiger partial charge in [0.2, 0.25) is 10.0 Å². The number of rotatable bonds is 3. The standard InChI is InChI=1S/C6H14N2O2S.ClH/c1-11(9,10)8-5-6-2-3-7-4-6;/h6-8H,2-5H2,1H3;1H. The van der Waals surface area contributed by atoms with Crippen molar-refractivity contribution in [2.75, 3.05) is 25.9 Å². The second kappa shape index (κ2) is 5.01. The molecule has 0 spiro atoms. The van der Waals surface area contributed by atoms with E-state index in [1.807, 2.05) is 0 Å². The normalized spacial score (nSPS) is 23.6. The van der Waals surface area contributed by atoms with Crippen LogP contribution in [0, 0.1) is 5.92 Å². The van der Waals surface area contributed by atoms with Gasteiger partial charge in [0.25, 0.3) is 0 Å². The van der Waals surface area contributed by atoms with E-state index in [2.05, 4.69) is 10.0 Å². The van der Waals surface area contributed by atoms with E-state index in [-0.39, 0.29) is 12.4 Å². The highest BCUT2D eigenvalue weighted by Gasteiger charge is 2.15. The molecule has 0 saturated carbocycles. The van der Waals surface area contributed by atoms with Gasteiger partial charge in [-0.3, -0.25) is 0 Å². The number of hydrogen-bond donors (Lipinski definition) is 2. The lowest BCUT2D eigenvalue weighted by Gasteiger charge is -2.07. The molecule has 0 bridgehead atoms. The van der Waals surface area contributed by atoms with Crippen molar-refractivity contribution in [1.29, 1.82) is 0 Å². The Morgan fingerprint density at radius 1 is 1.58 bits per heavy atom. The van der Waals surface area contributed by atoms with E-state index in [0.29, 0.717) is 12.5 Å². The summed E-state index contributed by atoms with van der Waals surface area (Å²) < 4.78 is 23.8. The van der Waals surface area contributed by atoms with Crippen molar-refractivity contribution in [3.05, 3.63) is 0 Å². The van der Waals surface area contributed by atoms with Crippen molar-refractivity contribution in [2.24, 2.45) is 5.92 Å². The largest absolute Gasteiger partial charge is 0.316 e. The Morgan fingerprint density at radius 2 is 2.25 bits per heavy atom. The van der Waals surface area contributed by atoms with Gasteiger partial charge in [-0.15, -0.1) is 12.4 Å². The molecule has 0 aromatic heterocycles. The molecule has 1 unspecified atom stereocenters. The lowest BCUT2D eigenvalue weighted by molar-refractivity contribution is 0.542. The summed E-state index contributed by atoms with van der Waals surface area (Å²) in [5.74, 6) is 0.477. The summed E-state index contributed by atoms with van der Waals surface area (Å²) in [6.07, 6.45) is 2.26. The molecule has 1 aliphatic heterocycles. The molecule has 0 aliphatic carbocycles. The van der Waals surface area contributed by atoms with E-state index in [1.54, 1.807) is 0 Å². The molecule has 1 atom stereocenters. The zero-order chi connectivity index (χ0) is 8.32. The Balaban J connectivity index is 0.00000121. The Morgan fingerprint density at radius 3 is 2.67 bits per heavy atom. The smallest absolute Gasteiger partial charge is 0.208 e. The summed E-state index contributed by atoms with van der Waals surface area (Å²) in [6, 6.07) is 0. The SMILES string of the molecule is CS(=O)(=O)NCC1CCNC1.Cl. The molecule has 2 N–H and O–H groups in total. The Labute approximate surface area is 79.6 Å². The van der Waals surface area contributed by atoms with E-state index in [4.69, 9.17) is 0 Å². The van der Waals surface area contributed by atoms with Crippen LogP contribution in [0.1, 0.15) is 6.42 Å². The molecule has 0 aromatic rings. The number of sulfonamides is 1. The first kappa shape index (κ1) is 12.2. The minimum absolute atomic E-state index is 0. The lowest BCUT2D eigenvalue weighted by Crippen LogP contribution is -2.29. The van der Waals surface area contributed by atoms with E-state index in [0.717, 1.165) is 19.5 Å². The summed E-state index contributed by atoms with van der Waals surface area (Å²) in [5, 5.41) is 3.17. The highest BCUT2D eigenvalue weighted by molar-refractivity contribution is 7.88. The van der Waals surface area contributed by atoms with Crippen LogP contribution in [-0.2, 0) is 10.0 Å². The minimum Gasteiger partial charge on any atom is -0.316 e. The van der Waals surface area contributed by atoms with Crippen molar-refractivity contribution in [3.63, 3.8) is 0 Å². The van der Waals surface area contributed by atoms with Crippen molar-refractivity contribution in [2.45, 2.75) is 6.42 Å². The van der Waals surface area contributed by atoms with Crippen molar-refractivity contribution >= 4 is 22.4 Å². The molecule has 1 heterocycles. The van der Waals surface area contributed by atoms with Gasteiger partial charge in [0, 0.05) is 6.54 Å². The first-order valence-corrected chi connectivity index (χ1v) is 5.62. The summed E-state index contributed by atoms with van der Waals surface area (Å²) >= 11 is 0. The molecule has 12 heavy (non-hydrogen) atoms. The summed E-state index contributed by atoms with van der Waals surface area (Å²) in [4.78, 5) is 0. The van der Waals surface area contributed by atoms with E-state index in [1.165, 1.54) is 6.26 Å². The first-order valence-electron chi connectivity index (χ1n) is 3.73. The molecule has 1 rings (SSSR count). The van der Waals surface area contributed by atoms with Crippen LogP contribution < -0.4 is 10.0 Å². The predicted molar refractivity (Wildman–Crippen MR) is 51.1 cm³/mol. The fourth-order valence-electron chi connectivity index (χ4n) is 1.16. The van der Waals surface area contributed by atoms with Gasteiger partial charge in [-0.25, -0.2) is 13.1 Å². The monoisotopic (exact) mass is 214 g/mol. The molecule has 1 saturated heterocycles. The maximum absolute atomic E-state index is 10.7. The molecule has 4 nitrogen and oxygen atoms in total. The minimum atomic E-state index is -2.99. The second-order valence-corrected chi connectivity index (χ2v) is 4.81. The van der Waals surface area contributed by atoms with Crippen LogP contribution in [0.15, 0.2) is 0 Å². The van der Waals surface area contributed by atoms with Crippen molar-refractivity contribution in [3.8, 4) is 0 Å². The van der Waals surface area contributed by atoms with Crippen LogP contribution in [0.5, 0.6) is 0 Å². The zero-order valence-corrected chi connectivity index (χ0v) is 8.67. The topological polar surface area (TPSA) is 58.2 Å². The zero-order valence-electron chi connectivity index (χ0n) is 7.04. The van der Waals surface area contributed by atoms with Gasteiger partial charge in [-0.2, -0.15) is 0 Å². The molecule has 0 radical (unpaired) electrons. The maximum Gasteiger partial charge on any atom is 0.208 e. The molecule has 0 amide bonds. The van der Waals surface area contributed by atoms with E-state index >= 15 is 0 Å². The third-order valence-electron chi connectivity index (χ3n) is 1.80. The van der Waals surface area contributed by atoms with Crippen molar-refractivity contribution in [1.82, 2.24) is 10.0 Å². The number of nitrogens with one attached hydrogen (secondary N) is 2. The summed E-state index contributed by atoms with van der Waals surface area (Å²) in [6.45, 7) is 2.52. The Bertz CT molecular complexity index is 212. The number of halogens is 1. The molecule has 74 valence electrons. The highest BCUT2D eigenvalue weighted by atomic mass is 35.5. The van der Waals surface area contributed by atoms with Gasteiger partial charge in [-0.1, -0.05) is 0 Å². The fourth-order valence-corrected chi connectivity index (χ4v) is 1.70. The van der Waals surface area contributed by atoms with Gasteiger partial charge in [0.1, 0.15) is 0 Å². The predicted octanol–water partition coefficient (Wildman–Crippen LogP) is -0.433. The van der Waals surface area contributed by atoms with Crippen LogP contribution >= 0.6 is 12.4 Å². The van der Waals surface area contributed by atoms with Crippen LogP contribution in [0.25, 0.3) is 0 Å². The van der Waals surface area contributed by atoms with Crippen LogP contribution in [-0.4, -0.2) is 34.3 Å². The van der Waals surface area contributed by atoms with Gasteiger partial charge in [0.15, 0.2) is 0 Å². The van der Waals surface area contributed by atoms with E-state index < -0.39 is 10.0 Å². The molecule has 6 heteroatoms. The van der Waals surface area contributed by atoms with Crippen LogP contribution in [0.2, 0.25) is 0 Å². The average molecular weight is 215 g/mol. The highest BCUT2D eigenvalue weighted by Crippen LogP contribution is 2.05. The second-order valence-electron chi connectivity index (χ2n) is 2.98. The fraction of sp³-hybridized carbons (Fsp3) is 1.00. The number of hydrogen-bond acceptors (Lipinski definition) is 3. The summed E-state index contributed by atoms with van der Waals surface area (Å²) in [5.41, 5.74) is 0. The lowest BCUT2D eigenvalue weighted by atomic mass is 10.1. The summed E-state index contributed by atoms with van der Waals surface area (Å²) in [7, 11) is -2.99. The first-order chi connectivity index (χ1) is 5.08. The Hall–Kier alpha value is 0.160. The quantitative estimate of drug-likeness (QED) is 0.670. The molecule has 1 aliphatic rings. The third kappa shape index (κ3) is 4.92. The van der Waals surface area contributed by atoms with Crippen molar-refractivity contribution < 1.29 is 8.42 Å². The van der Waals surface area contributed by atoms with E-state index in [9.17, 15) is 8.42 Å². The Kier molecular flexibility index (Phi) is 5.08. The average Bonchev–Trinajstić information content (AvgIpc) is 2.32. The van der Waals surface area contributed by atoms with Gasteiger partial charge >= 0.3 is 0 Å². The molecule has 0 aromatic carbocycles. The molecular weight excluding hydrogens is 200 g/mol. The molecular formula is C6H15ClN2O2S. The van der Waals surface area contributed by atoms with Gasteiger partial charge in [-0.05, 0) is 25.4 Å². The van der Waals surface area contributed by atoms with Crippen LogP contribution in [0.3, 0.4) is 0 Å². The van der Waals surface area contributed by atoms with Gasteiger partial charge in [0.05, 0.1) is 6.26 Å². The van der Waals surface area contributed by atoms with Crippen LogP contribution in [0.4, 0.5) is 0 Å². The third-order valence-corrected chi connectivity index (χ3v) is 2.49. The molecule has 1 fully saturated rings. The van der Waals surface area contributed by atoms with Gasteiger partial charge < -0.3 is 5.32 Å².